The van der Waals surface area contributed by atoms with E-state index in [2.05, 4.69) is 18.4 Å². The van der Waals surface area contributed by atoms with Crippen LogP contribution in [-0.2, 0) is 23.2 Å². The molecular formula is C25H28FN3O. The normalized spacial score (nSPS) is 18.6. The number of fused-ring (bicyclic) bond motifs is 1. The number of carbonyl (C=O) groups is 1. The lowest BCUT2D eigenvalue weighted by Crippen LogP contribution is -2.48. The number of benzene rings is 2. The summed E-state index contributed by atoms with van der Waals surface area (Å²) in [6.45, 7) is 6.91. The van der Waals surface area contributed by atoms with E-state index in [1.807, 2.05) is 37.4 Å². The Morgan fingerprint density at radius 1 is 1.20 bits per heavy atom. The first-order chi connectivity index (χ1) is 14.3. The maximum Gasteiger partial charge on any atom is 0.153 e. The SMILES string of the molecule is Cc1ccc(CC(N)C(=O)C2CCn3cc(-c4ccc(F)cc4)nc3C2(C)C)cc1. The Hall–Kier alpha value is -2.79. The van der Waals surface area contributed by atoms with Crippen molar-refractivity contribution in [1.82, 2.24) is 9.55 Å². The number of imidazole rings is 1. The number of ketones is 1. The molecule has 0 saturated carbocycles. The third-order valence-corrected chi connectivity index (χ3v) is 6.31. The van der Waals surface area contributed by atoms with Gasteiger partial charge in [0, 0.05) is 29.6 Å². The van der Waals surface area contributed by atoms with Crippen molar-refractivity contribution in [3.05, 3.63) is 77.5 Å². The Bertz CT molecular complexity index is 1050. The Morgan fingerprint density at radius 3 is 2.53 bits per heavy atom. The number of nitrogens with two attached hydrogens (primary N) is 1. The Labute approximate surface area is 176 Å². The van der Waals surface area contributed by atoms with E-state index in [-0.39, 0.29) is 17.5 Å². The second-order valence-corrected chi connectivity index (χ2v) is 8.91. The van der Waals surface area contributed by atoms with Crippen LogP contribution in [0.4, 0.5) is 4.39 Å². The number of Topliss-reactive ketones (excluding diaryl/α,β-unsaturated/α-hetero) is 1. The minimum atomic E-state index is -0.532. The van der Waals surface area contributed by atoms with Crippen LogP contribution in [0.1, 0.15) is 37.2 Å². The highest BCUT2D eigenvalue weighted by Gasteiger charge is 2.44. The van der Waals surface area contributed by atoms with E-state index >= 15 is 0 Å². The van der Waals surface area contributed by atoms with Gasteiger partial charge in [0.1, 0.15) is 11.6 Å². The van der Waals surface area contributed by atoms with Crippen LogP contribution in [0.2, 0.25) is 0 Å². The predicted octanol–water partition coefficient (Wildman–Crippen LogP) is 4.43. The molecule has 0 aliphatic carbocycles. The first kappa shape index (κ1) is 20.5. The summed E-state index contributed by atoms with van der Waals surface area (Å²) in [7, 11) is 0. The molecule has 0 spiro atoms. The zero-order valence-corrected chi connectivity index (χ0v) is 17.7. The zero-order valence-electron chi connectivity index (χ0n) is 17.7. The Morgan fingerprint density at radius 2 is 1.87 bits per heavy atom. The molecule has 1 aromatic heterocycles. The standard InChI is InChI=1S/C25H28FN3O/c1-16-4-6-17(7-5-16)14-21(27)23(30)20-12-13-29-15-22(28-24(29)25(20,2)3)18-8-10-19(26)11-9-18/h4-11,15,20-21H,12-14,27H2,1-3H3. The molecule has 0 amide bonds. The summed E-state index contributed by atoms with van der Waals surface area (Å²) < 4.78 is 15.4. The van der Waals surface area contributed by atoms with Crippen LogP contribution in [0.3, 0.4) is 0 Å². The summed E-state index contributed by atoms with van der Waals surface area (Å²) >= 11 is 0. The maximum atomic E-state index is 13.3. The largest absolute Gasteiger partial charge is 0.334 e. The molecule has 4 rings (SSSR count). The number of carbonyl (C=O) groups excluding carboxylic acids is 1. The van der Waals surface area contributed by atoms with Gasteiger partial charge in [-0.1, -0.05) is 43.7 Å². The first-order valence-electron chi connectivity index (χ1n) is 10.4. The van der Waals surface area contributed by atoms with Gasteiger partial charge in [0.05, 0.1) is 11.7 Å². The fourth-order valence-electron chi connectivity index (χ4n) is 4.48. The van der Waals surface area contributed by atoms with Crippen molar-refractivity contribution in [1.29, 1.82) is 0 Å². The molecule has 1 aliphatic heterocycles. The van der Waals surface area contributed by atoms with Gasteiger partial charge in [0.2, 0.25) is 0 Å². The number of aryl methyl sites for hydroxylation is 2. The number of hydrogen-bond acceptors (Lipinski definition) is 3. The van der Waals surface area contributed by atoms with E-state index in [0.717, 1.165) is 35.6 Å². The molecule has 1 aliphatic rings. The van der Waals surface area contributed by atoms with Gasteiger partial charge in [-0.15, -0.1) is 0 Å². The zero-order chi connectivity index (χ0) is 21.5. The molecule has 3 aromatic rings. The summed E-state index contributed by atoms with van der Waals surface area (Å²) in [6, 6.07) is 14.0. The van der Waals surface area contributed by atoms with Crippen molar-refractivity contribution >= 4 is 5.78 Å². The molecule has 0 radical (unpaired) electrons. The molecule has 2 N–H and O–H groups in total. The van der Waals surface area contributed by atoms with Crippen molar-refractivity contribution in [2.45, 2.75) is 51.6 Å². The lowest BCUT2D eigenvalue weighted by Gasteiger charge is -2.38. The minimum absolute atomic E-state index is 0.0955. The van der Waals surface area contributed by atoms with Crippen molar-refractivity contribution in [2.75, 3.05) is 0 Å². The number of hydrogen-bond donors (Lipinski definition) is 1. The third-order valence-electron chi connectivity index (χ3n) is 6.31. The summed E-state index contributed by atoms with van der Waals surface area (Å²) in [5, 5.41) is 0. The van der Waals surface area contributed by atoms with Gasteiger partial charge in [-0.25, -0.2) is 9.37 Å². The van der Waals surface area contributed by atoms with Crippen molar-refractivity contribution in [3.8, 4) is 11.3 Å². The van der Waals surface area contributed by atoms with Gasteiger partial charge in [0.15, 0.2) is 5.78 Å². The number of aromatic nitrogens is 2. The highest BCUT2D eigenvalue weighted by atomic mass is 19.1. The van der Waals surface area contributed by atoms with E-state index in [9.17, 15) is 9.18 Å². The molecule has 4 nitrogen and oxygen atoms in total. The lowest BCUT2D eigenvalue weighted by molar-refractivity contribution is -0.127. The molecule has 2 aromatic carbocycles. The quantitative estimate of drug-likeness (QED) is 0.683. The van der Waals surface area contributed by atoms with Gasteiger partial charge in [-0.05, 0) is 49.6 Å². The molecule has 0 bridgehead atoms. The lowest BCUT2D eigenvalue weighted by atomic mass is 9.70. The van der Waals surface area contributed by atoms with Crippen LogP contribution in [0.15, 0.2) is 54.7 Å². The molecular weight excluding hydrogens is 377 g/mol. The molecule has 156 valence electrons. The van der Waals surface area contributed by atoms with Crippen LogP contribution in [-0.4, -0.2) is 21.4 Å². The average Bonchev–Trinajstić information content (AvgIpc) is 3.15. The molecule has 30 heavy (non-hydrogen) atoms. The summed E-state index contributed by atoms with van der Waals surface area (Å²) in [5.74, 6) is 0.525. The van der Waals surface area contributed by atoms with E-state index < -0.39 is 11.5 Å². The van der Waals surface area contributed by atoms with Crippen molar-refractivity contribution < 1.29 is 9.18 Å². The first-order valence-corrected chi connectivity index (χ1v) is 10.4. The minimum Gasteiger partial charge on any atom is -0.334 e. The molecule has 2 unspecified atom stereocenters. The van der Waals surface area contributed by atoms with E-state index in [4.69, 9.17) is 10.7 Å². The monoisotopic (exact) mass is 405 g/mol. The Kier molecular flexibility index (Phi) is 5.33. The van der Waals surface area contributed by atoms with Crippen molar-refractivity contribution in [3.63, 3.8) is 0 Å². The van der Waals surface area contributed by atoms with E-state index in [0.29, 0.717) is 6.42 Å². The fourth-order valence-corrected chi connectivity index (χ4v) is 4.48. The second-order valence-electron chi connectivity index (χ2n) is 8.91. The molecule has 5 heteroatoms. The number of nitrogens with zero attached hydrogens (tertiary/aromatic N) is 2. The van der Waals surface area contributed by atoms with Crippen LogP contribution in [0, 0.1) is 18.7 Å². The topological polar surface area (TPSA) is 60.9 Å². The maximum absolute atomic E-state index is 13.3. The fraction of sp³-hybridized carbons (Fsp3) is 0.360. The van der Waals surface area contributed by atoms with E-state index in [1.54, 1.807) is 12.1 Å². The number of halogens is 1. The summed E-state index contributed by atoms with van der Waals surface area (Å²) in [5.41, 5.74) is 9.86. The molecule has 0 fully saturated rings. The van der Waals surface area contributed by atoms with Crippen LogP contribution < -0.4 is 5.73 Å². The number of rotatable bonds is 5. The van der Waals surface area contributed by atoms with Gasteiger partial charge in [0.25, 0.3) is 0 Å². The van der Waals surface area contributed by atoms with Crippen molar-refractivity contribution in [2.24, 2.45) is 11.7 Å². The van der Waals surface area contributed by atoms with Crippen LogP contribution in [0.5, 0.6) is 0 Å². The Balaban J connectivity index is 1.56. The summed E-state index contributed by atoms with van der Waals surface area (Å²) in [4.78, 5) is 18.1. The van der Waals surface area contributed by atoms with Crippen LogP contribution >= 0.6 is 0 Å². The third kappa shape index (κ3) is 3.82. The molecule has 0 saturated heterocycles. The second kappa shape index (κ2) is 7.80. The predicted molar refractivity (Wildman–Crippen MR) is 117 cm³/mol. The van der Waals surface area contributed by atoms with Gasteiger partial charge in [-0.2, -0.15) is 0 Å². The summed E-state index contributed by atoms with van der Waals surface area (Å²) in [6.07, 6.45) is 3.28. The molecule has 2 atom stereocenters. The van der Waals surface area contributed by atoms with Gasteiger partial charge >= 0.3 is 0 Å². The van der Waals surface area contributed by atoms with Gasteiger partial charge in [-0.3, -0.25) is 4.79 Å². The average molecular weight is 406 g/mol. The van der Waals surface area contributed by atoms with Crippen LogP contribution in [0.25, 0.3) is 11.3 Å². The van der Waals surface area contributed by atoms with E-state index in [1.165, 1.54) is 17.7 Å². The van der Waals surface area contributed by atoms with Gasteiger partial charge < -0.3 is 10.3 Å². The highest BCUT2D eigenvalue weighted by Crippen LogP contribution is 2.40. The highest BCUT2D eigenvalue weighted by molar-refractivity contribution is 5.88. The smallest absolute Gasteiger partial charge is 0.153 e. The molecule has 2 heterocycles.